The fourth-order valence-electron chi connectivity index (χ4n) is 2.76. The summed E-state index contributed by atoms with van der Waals surface area (Å²) in [5, 5.41) is 3.59. The van der Waals surface area contributed by atoms with Gasteiger partial charge in [0.05, 0.1) is 0 Å². The molecule has 1 N–H and O–H groups in total. The predicted molar refractivity (Wildman–Crippen MR) is 87.9 cm³/mol. The summed E-state index contributed by atoms with van der Waals surface area (Å²) in [6.45, 7) is 1.96. The number of pyridine rings is 1. The van der Waals surface area contributed by atoms with Crippen molar-refractivity contribution >= 4 is 11.6 Å². The molecule has 0 radical (unpaired) electrons. The highest BCUT2D eigenvalue weighted by Crippen LogP contribution is 2.24. The number of hydrogen-bond acceptors (Lipinski definition) is 2. The second-order valence-electron chi connectivity index (χ2n) is 5.56. The van der Waals surface area contributed by atoms with Crippen LogP contribution in [0.5, 0.6) is 0 Å². The van der Waals surface area contributed by atoms with E-state index in [2.05, 4.69) is 10.3 Å². The fraction of sp³-hybridized carbons (Fsp3) is 0.389. The number of aromatic nitrogens is 1. The van der Waals surface area contributed by atoms with Crippen molar-refractivity contribution in [2.45, 2.75) is 31.6 Å². The first kappa shape index (κ1) is 13.0. The van der Waals surface area contributed by atoms with Gasteiger partial charge in [-0.1, -0.05) is 23.7 Å². The van der Waals surface area contributed by atoms with Crippen LogP contribution in [-0.2, 0) is 12.8 Å². The van der Waals surface area contributed by atoms with E-state index in [0.29, 0.717) is 11.6 Å². The average Bonchev–Trinajstić information content (AvgIpc) is 2.55. The van der Waals surface area contributed by atoms with E-state index < -0.39 is 12.2 Å². The third-order valence-electron chi connectivity index (χ3n) is 3.98. The van der Waals surface area contributed by atoms with Gasteiger partial charge in [0.2, 0.25) is 0 Å². The van der Waals surface area contributed by atoms with Gasteiger partial charge in [-0.25, -0.2) is 4.39 Å². The molecule has 1 aliphatic heterocycles. The molecule has 0 atom stereocenters. The number of nitrogens with zero attached hydrogens (tertiary/aromatic N) is 1. The second-order valence-corrected chi connectivity index (χ2v) is 5.99. The number of nitrogens with one attached hydrogen (secondary N) is 1. The summed E-state index contributed by atoms with van der Waals surface area (Å²) >= 11 is 5.75. The minimum absolute atomic E-state index is 0.0148. The molecule has 2 heterocycles. The lowest BCUT2D eigenvalue weighted by molar-refractivity contribution is 0.452. The summed E-state index contributed by atoms with van der Waals surface area (Å²) in [7, 11) is 0. The van der Waals surface area contributed by atoms with E-state index in [1.165, 1.54) is 12.1 Å². The number of rotatable bonds is 4. The van der Waals surface area contributed by atoms with Gasteiger partial charge >= 0.3 is 0 Å². The average molecular weight is 321 g/mol. The van der Waals surface area contributed by atoms with Crippen molar-refractivity contribution in [3.05, 3.63) is 64.2 Å². The fourth-order valence-corrected chi connectivity index (χ4v) is 2.92. The number of halogens is 2. The number of hydrogen-bond donors (Lipinski definition) is 1. The van der Waals surface area contributed by atoms with Crippen molar-refractivity contribution in [1.82, 2.24) is 10.3 Å². The SMILES string of the molecule is [2H]C([2H])(Cc1cccc(C2CCNCC2)n1)c1ccc(Cl)cc1F. The Morgan fingerprint density at radius 2 is 2.09 bits per heavy atom. The minimum atomic E-state index is -1.84. The first-order valence-corrected chi connectivity index (χ1v) is 7.95. The van der Waals surface area contributed by atoms with Crippen LogP contribution in [0.15, 0.2) is 36.4 Å². The molecular weight excluding hydrogens is 299 g/mol. The third kappa shape index (κ3) is 3.84. The molecule has 0 spiro atoms. The van der Waals surface area contributed by atoms with Gasteiger partial charge in [0, 0.05) is 25.1 Å². The van der Waals surface area contributed by atoms with Crippen LogP contribution in [0, 0.1) is 5.82 Å². The van der Waals surface area contributed by atoms with Crippen LogP contribution in [0.3, 0.4) is 0 Å². The highest BCUT2D eigenvalue weighted by atomic mass is 35.5. The van der Waals surface area contributed by atoms with Crippen LogP contribution in [0.4, 0.5) is 4.39 Å². The molecule has 4 heteroatoms. The Morgan fingerprint density at radius 3 is 2.86 bits per heavy atom. The molecule has 1 fully saturated rings. The number of benzene rings is 1. The van der Waals surface area contributed by atoms with E-state index in [1.807, 2.05) is 12.1 Å². The Kier molecular flexibility index (Phi) is 4.27. The number of aryl methyl sites for hydroxylation is 2. The van der Waals surface area contributed by atoms with Gasteiger partial charge in [-0.2, -0.15) is 0 Å². The van der Waals surface area contributed by atoms with E-state index in [-0.39, 0.29) is 17.0 Å². The zero-order valence-electron chi connectivity index (χ0n) is 14.3. The first-order valence-electron chi connectivity index (χ1n) is 8.58. The van der Waals surface area contributed by atoms with E-state index in [1.54, 1.807) is 6.07 Å². The summed E-state index contributed by atoms with van der Waals surface area (Å²) < 4.78 is 30.6. The Labute approximate surface area is 138 Å². The zero-order chi connectivity index (χ0) is 17.2. The smallest absolute Gasteiger partial charge is 0.127 e. The van der Waals surface area contributed by atoms with E-state index in [0.717, 1.165) is 37.7 Å². The van der Waals surface area contributed by atoms with E-state index in [9.17, 15) is 4.39 Å². The summed E-state index contributed by atoms with van der Waals surface area (Å²) in [6, 6.07) is 9.78. The van der Waals surface area contributed by atoms with Gasteiger partial charge in [0.25, 0.3) is 0 Å². The molecule has 1 aromatic heterocycles. The van der Waals surface area contributed by atoms with Crippen LogP contribution in [0.1, 0.15) is 38.5 Å². The van der Waals surface area contributed by atoms with Gasteiger partial charge in [-0.15, -0.1) is 0 Å². The predicted octanol–water partition coefficient (Wildman–Crippen LogP) is 4.13. The minimum Gasteiger partial charge on any atom is -0.317 e. The van der Waals surface area contributed by atoms with Gasteiger partial charge in [-0.3, -0.25) is 4.98 Å². The molecule has 0 amide bonds. The highest BCUT2D eigenvalue weighted by molar-refractivity contribution is 6.30. The van der Waals surface area contributed by atoms with Crippen LogP contribution < -0.4 is 5.32 Å². The molecule has 0 unspecified atom stereocenters. The summed E-state index contributed by atoms with van der Waals surface area (Å²) in [6.07, 6.45) is 0.267. The van der Waals surface area contributed by atoms with Gasteiger partial charge in [0.15, 0.2) is 0 Å². The van der Waals surface area contributed by atoms with Crippen molar-refractivity contribution in [1.29, 1.82) is 0 Å². The molecule has 0 saturated carbocycles. The molecule has 2 aromatic rings. The van der Waals surface area contributed by atoms with Crippen molar-refractivity contribution in [2.75, 3.05) is 13.1 Å². The molecule has 1 saturated heterocycles. The maximum atomic E-state index is 14.1. The Morgan fingerprint density at radius 1 is 1.27 bits per heavy atom. The molecule has 116 valence electrons. The van der Waals surface area contributed by atoms with Crippen LogP contribution in [0.25, 0.3) is 0 Å². The van der Waals surface area contributed by atoms with Gasteiger partial charge < -0.3 is 5.32 Å². The van der Waals surface area contributed by atoms with Gasteiger partial charge in [0.1, 0.15) is 5.82 Å². The van der Waals surface area contributed by atoms with Gasteiger partial charge in [-0.05, 0) is 68.6 Å². The molecule has 3 rings (SSSR count). The Balaban J connectivity index is 1.81. The molecule has 1 aromatic carbocycles. The summed E-state index contributed by atoms with van der Waals surface area (Å²) in [5.74, 6) is -0.216. The standard InChI is InChI=1S/C18H20ClFN2/c19-15-6-4-13(17(20)12-15)5-7-16-2-1-3-18(22-16)14-8-10-21-11-9-14/h1-4,6,12,14,21H,5,7-11H2/i5D2. The molecule has 22 heavy (non-hydrogen) atoms. The monoisotopic (exact) mass is 320 g/mol. The second kappa shape index (κ2) is 7.21. The topological polar surface area (TPSA) is 24.9 Å². The molecule has 0 bridgehead atoms. The number of piperidine rings is 1. The largest absolute Gasteiger partial charge is 0.317 e. The normalized spacial score (nSPS) is 17.9. The third-order valence-corrected chi connectivity index (χ3v) is 4.21. The summed E-state index contributed by atoms with van der Waals surface area (Å²) in [4.78, 5) is 4.64. The molecular formula is C18H20ClFN2. The quantitative estimate of drug-likeness (QED) is 0.916. The van der Waals surface area contributed by atoms with Crippen LogP contribution in [0.2, 0.25) is 5.02 Å². The maximum absolute atomic E-state index is 14.1. The summed E-state index contributed by atoms with van der Waals surface area (Å²) in [5.41, 5.74) is 1.66. The maximum Gasteiger partial charge on any atom is 0.127 e. The van der Waals surface area contributed by atoms with E-state index in [4.69, 9.17) is 14.3 Å². The lowest BCUT2D eigenvalue weighted by Gasteiger charge is -2.22. The Hall–Kier alpha value is -1.45. The lowest BCUT2D eigenvalue weighted by Crippen LogP contribution is -2.27. The van der Waals surface area contributed by atoms with Crippen LogP contribution in [-0.4, -0.2) is 18.1 Å². The molecule has 1 aliphatic rings. The van der Waals surface area contributed by atoms with Crippen molar-refractivity contribution in [3.8, 4) is 0 Å². The van der Waals surface area contributed by atoms with Crippen LogP contribution >= 0.6 is 11.6 Å². The molecule has 0 aliphatic carbocycles. The lowest BCUT2D eigenvalue weighted by atomic mass is 9.94. The van der Waals surface area contributed by atoms with Crippen molar-refractivity contribution < 1.29 is 7.13 Å². The molecule has 2 nitrogen and oxygen atoms in total. The highest BCUT2D eigenvalue weighted by Gasteiger charge is 2.16. The zero-order valence-corrected chi connectivity index (χ0v) is 13.0. The first-order chi connectivity index (χ1) is 11.5. The van der Waals surface area contributed by atoms with E-state index >= 15 is 0 Å². The van der Waals surface area contributed by atoms with Crippen molar-refractivity contribution in [3.63, 3.8) is 0 Å². The Bertz CT molecular complexity index is 718. The van der Waals surface area contributed by atoms with Crippen molar-refractivity contribution in [2.24, 2.45) is 0 Å².